The quantitative estimate of drug-likeness (QED) is 0.788. The van der Waals surface area contributed by atoms with E-state index < -0.39 is 5.97 Å². The van der Waals surface area contributed by atoms with Crippen molar-refractivity contribution >= 4 is 11.9 Å². The number of likely N-dealkylation sites (N-methyl/N-ethyl adjacent to an activating group) is 1. The predicted molar refractivity (Wildman–Crippen MR) is 76.6 cm³/mol. The smallest absolute Gasteiger partial charge is 0.338 e. The van der Waals surface area contributed by atoms with Crippen LogP contribution in [0.15, 0.2) is 47.1 Å². The van der Waals surface area contributed by atoms with E-state index in [2.05, 4.69) is 0 Å². The highest BCUT2D eigenvalue weighted by Crippen LogP contribution is 2.07. The van der Waals surface area contributed by atoms with Crippen LogP contribution in [0.25, 0.3) is 0 Å². The zero-order valence-electron chi connectivity index (χ0n) is 12.0. The number of nitrogens with zero attached hydrogens (tertiary/aromatic N) is 2. The first-order valence-corrected chi connectivity index (χ1v) is 6.54. The van der Waals surface area contributed by atoms with E-state index in [1.54, 1.807) is 19.2 Å². The molecule has 1 amide bonds. The van der Waals surface area contributed by atoms with E-state index in [0.717, 1.165) is 0 Å². The van der Waals surface area contributed by atoms with Crippen LogP contribution < -0.4 is 0 Å². The summed E-state index contributed by atoms with van der Waals surface area (Å²) in [6.07, 6.45) is 1.53. The fraction of sp³-hybridized carbons (Fsp3) is 0.188. The highest BCUT2D eigenvalue weighted by atomic mass is 16.5. The summed E-state index contributed by atoms with van der Waals surface area (Å²) in [6, 6.07) is 11.4. The average Bonchev–Trinajstić information content (AvgIpc) is 3.05. The summed E-state index contributed by atoms with van der Waals surface area (Å²) in [5, 5.41) is 8.69. The van der Waals surface area contributed by atoms with Crippen LogP contribution >= 0.6 is 0 Å². The largest absolute Gasteiger partial charge is 0.467 e. The molecule has 0 radical (unpaired) electrons. The maximum absolute atomic E-state index is 11.9. The van der Waals surface area contributed by atoms with Gasteiger partial charge >= 0.3 is 5.97 Å². The zero-order valence-corrected chi connectivity index (χ0v) is 12.0. The first-order valence-electron chi connectivity index (χ1n) is 6.54. The molecule has 0 fully saturated rings. The van der Waals surface area contributed by atoms with Crippen LogP contribution in [0.5, 0.6) is 0 Å². The van der Waals surface area contributed by atoms with Gasteiger partial charge in [-0.05, 0) is 36.4 Å². The molecular formula is C16H14N2O4. The molecule has 0 saturated heterocycles. The highest BCUT2D eigenvalue weighted by molar-refractivity contribution is 5.91. The lowest BCUT2D eigenvalue weighted by molar-refractivity contribution is -0.133. The second kappa shape index (κ2) is 7.09. The summed E-state index contributed by atoms with van der Waals surface area (Å²) >= 11 is 0. The number of nitriles is 1. The summed E-state index contributed by atoms with van der Waals surface area (Å²) in [6.45, 7) is -0.0453. The minimum atomic E-state index is -0.607. The van der Waals surface area contributed by atoms with Crippen molar-refractivity contribution in [3.8, 4) is 6.07 Å². The molecule has 1 heterocycles. The minimum Gasteiger partial charge on any atom is -0.467 e. The molecule has 22 heavy (non-hydrogen) atoms. The predicted octanol–water partition coefficient (Wildman–Crippen LogP) is 1.97. The Bertz CT molecular complexity index is 684. The number of benzene rings is 1. The molecule has 0 unspecified atom stereocenters. The van der Waals surface area contributed by atoms with Crippen LogP contribution in [-0.4, -0.2) is 30.4 Å². The van der Waals surface area contributed by atoms with Gasteiger partial charge in [-0.25, -0.2) is 4.79 Å². The number of esters is 1. The summed E-state index contributed by atoms with van der Waals surface area (Å²) < 4.78 is 10.1. The third-order valence-corrected chi connectivity index (χ3v) is 2.98. The van der Waals surface area contributed by atoms with Crippen LogP contribution in [0.1, 0.15) is 21.7 Å². The molecule has 0 bridgehead atoms. The van der Waals surface area contributed by atoms with Crippen molar-refractivity contribution in [2.75, 3.05) is 13.7 Å². The van der Waals surface area contributed by atoms with E-state index in [-0.39, 0.29) is 12.5 Å². The van der Waals surface area contributed by atoms with Crippen molar-refractivity contribution in [1.29, 1.82) is 5.26 Å². The zero-order chi connectivity index (χ0) is 15.9. The molecule has 0 N–H and O–H groups in total. The van der Waals surface area contributed by atoms with E-state index in [9.17, 15) is 9.59 Å². The number of ether oxygens (including phenoxy) is 1. The molecule has 0 atom stereocenters. The van der Waals surface area contributed by atoms with Gasteiger partial charge in [0.25, 0.3) is 5.91 Å². The number of hydrogen-bond acceptors (Lipinski definition) is 5. The third kappa shape index (κ3) is 3.96. The molecule has 0 aliphatic rings. The molecule has 0 aliphatic carbocycles. The molecule has 1 aromatic heterocycles. The molecular weight excluding hydrogens is 284 g/mol. The lowest BCUT2D eigenvalue weighted by atomic mass is 10.1. The van der Waals surface area contributed by atoms with Crippen molar-refractivity contribution in [3.05, 3.63) is 59.5 Å². The van der Waals surface area contributed by atoms with Crippen molar-refractivity contribution < 1.29 is 18.7 Å². The van der Waals surface area contributed by atoms with Crippen LogP contribution in [0, 0.1) is 11.3 Å². The van der Waals surface area contributed by atoms with Crippen LogP contribution in [-0.2, 0) is 16.1 Å². The highest BCUT2D eigenvalue weighted by Gasteiger charge is 2.14. The van der Waals surface area contributed by atoms with Gasteiger partial charge in [-0.3, -0.25) is 4.79 Å². The van der Waals surface area contributed by atoms with Gasteiger partial charge in [-0.2, -0.15) is 5.26 Å². The van der Waals surface area contributed by atoms with E-state index in [1.807, 2.05) is 6.07 Å². The van der Waals surface area contributed by atoms with Gasteiger partial charge < -0.3 is 14.1 Å². The number of hydrogen-bond donors (Lipinski definition) is 0. The van der Waals surface area contributed by atoms with Crippen LogP contribution in [0.3, 0.4) is 0 Å². The standard InChI is InChI=1S/C16H14N2O4/c1-18(10-14-3-2-8-21-14)15(19)11-22-16(20)13-6-4-12(9-17)5-7-13/h2-8H,10-11H2,1H3. The van der Waals surface area contributed by atoms with Gasteiger partial charge in [0.15, 0.2) is 6.61 Å². The fourth-order valence-electron chi connectivity index (χ4n) is 1.73. The minimum absolute atomic E-state index is 0.292. The summed E-state index contributed by atoms with van der Waals surface area (Å²) in [5.74, 6) is -0.295. The van der Waals surface area contributed by atoms with Gasteiger partial charge in [0.1, 0.15) is 5.76 Å². The maximum Gasteiger partial charge on any atom is 0.338 e. The van der Waals surface area contributed by atoms with Gasteiger partial charge in [0, 0.05) is 7.05 Å². The van der Waals surface area contributed by atoms with E-state index in [1.165, 1.54) is 35.4 Å². The Morgan fingerprint density at radius 2 is 2.00 bits per heavy atom. The van der Waals surface area contributed by atoms with Gasteiger partial charge in [-0.1, -0.05) is 0 Å². The van der Waals surface area contributed by atoms with Gasteiger partial charge in [-0.15, -0.1) is 0 Å². The van der Waals surface area contributed by atoms with Crippen molar-refractivity contribution in [2.45, 2.75) is 6.54 Å². The number of amides is 1. The maximum atomic E-state index is 11.9. The average molecular weight is 298 g/mol. The molecule has 112 valence electrons. The number of carbonyl (C=O) groups is 2. The number of carbonyl (C=O) groups excluding carboxylic acids is 2. The van der Waals surface area contributed by atoms with Crippen molar-refractivity contribution in [1.82, 2.24) is 4.90 Å². The Labute approximate surface area is 127 Å². The Morgan fingerprint density at radius 3 is 2.59 bits per heavy atom. The summed E-state index contributed by atoms with van der Waals surface area (Å²) in [5.41, 5.74) is 0.742. The Morgan fingerprint density at radius 1 is 1.27 bits per heavy atom. The lowest BCUT2D eigenvalue weighted by Crippen LogP contribution is -2.30. The SMILES string of the molecule is CN(Cc1ccco1)C(=O)COC(=O)c1ccc(C#N)cc1. The fourth-order valence-corrected chi connectivity index (χ4v) is 1.73. The Kier molecular flexibility index (Phi) is 4.94. The Hall–Kier alpha value is -3.07. The van der Waals surface area contributed by atoms with Gasteiger partial charge in [0.2, 0.25) is 0 Å². The van der Waals surface area contributed by atoms with Gasteiger partial charge in [0.05, 0.1) is 30.0 Å². The van der Waals surface area contributed by atoms with E-state index >= 15 is 0 Å². The molecule has 6 nitrogen and oxygen atoms in total. The second-order valence-corrected chi connectivity index (χ2v) is 4.59. The first kappa shape index (κ1) is 15.3. The topological polar surface area (TPSA) is 83.5 Å². The molecule has 0 aliphatic heterocycles. The molecule has 2 aromatic rings. The van der Waals surface area contributed by atoms with Crippen LogP contribution in [0.2, 0.25) is 0 Å². The third-order valence-electron chi connectivity index (χ3n) is 2.98. The monoisotopic (exact) mass is 298 g/mol. The molecule has 0 saturated carbocycles. The normalized spacial score (nSPS) is 9.82. The molecule has 0 spiro atoms. The lowest BCUT2D eigenvalue weighted by Gasteiger charge is -2.15. The van der Waals surface area contributed by atoms with Crippen molar-refractivity contribution in [3.63, 3.8) is 0 Å². The molecule has 1 aromatic carbocycles. The van der Waals surface area contributed by atoms with E-state index in [0.29, 0.717) is 23.4 Å². The number of rotatable bonds is 5. The molecule has 2 rings (SSSR count). The summed E-state index contributed by atoms with van der Waals surface area (Å²) in [4.78, 5) is 25.1. The van der Waals surface area contributed by atoms with E-state index in [4.69, 9.17) is 14.4 Å². The second-order valence-electron chi connectivity index (χ2n) is 4.59. The first-order chi connectivity index (χ1) is 10.6. The summed E-state index contributed by atoms with van der Waals surface area (Å²) in [7, 11) is 1.60. The number of furan rings is 1. The Balaban J connectivity index is 1.84. The van der Waals surface area contributed by atoms with Crippen molar-refractivity contribution in [2.24, 2.45) is 0 Å². The van der Waals surface area contributed by atoms with Crippen LogP contribution in [0.4, 0.5) is 0 Å². The molecule has 6 heteroatoms.